The fourth-order valence-electron chi connectivity index (χ4n) is 2.29. The van der Waals surface area contributed by atoms with Crippen LogP contribution in [0.15, 0.2) is 0 Å². The van der Waals surface area contributed by atoms with Gasteiger partial charge in [0.05, 0.1) is 6.54 Å². The largest absolute Gasteiger partial charge is 0.405 e. The van der Waals surface area contributed by atoms with Crippen LogP contribution in [0.5, 0.6) is 0 Å². The highest BCUT2D eigenvalue weighted by molar-refractivity contribution is 7.86. The Bertz CT molecular complexity index is 486. The quantitative estimate of drug-likeness (QED) is 0.687. The van der Waals surface area contributed by atoms with E-state index in [2.05, 4.69) is 0 Å². The molecule has 1 aliphatic heterocycles. The first-order chi connectivity index (χ1) is 10.6. The molecule has 1 aliphatic rings. The lowest BCUT2D eigenvalue weighted by atomic mass is 10.3. The molecule has 0 unspecified atom stereocenters. The molecule has 1 N–H and O–H groups in total. The lowest BCUT2D eigenvalue weighted by Gasteiger charge is -2.35. The van der Waals surface area contributed by atoms with E-state index in [0.717, 1.165) is 0 Å². The van der Waals surface area contributed by atoms with Gasteiger partial charge < -0.3 is 5.32 Å². The van der Waals surface area contributed by atoms with E-state index in [1.165, 1.54) is 8.61 Å². The van der Waals surface area contributed by atoms with Crippen LogP contribution in [-0.2, 0) is 15.0 Å². The van der Waals surface area contributed by atoms with Crippen molar-refractivity contribution in [1.29, 1.82) is 0 Å². The van der Waals surface area contributed by atoms with E-state index in [1.807, 2.05) is 0 Å². The van der Waals surface area contributed by atoms with Gasteiger partial charge in [-0.3, -0.25) is 9.69 Å². The van der Waals surface area contributed by atoms with Crippen LogP contribution in [0, 0.1) is 0 Å². The summed E-state index contributed by atoms with van der Waals surface area (Å²) >= 11 is 0. The van der Waals surface area contributed by atoms with Crippen molar-refractivity contribution < 1.29 is 26.4 Å². The molecular weight excluding hydrogens is 337 g/mol. The second-order valence-electron chi connectivity index (χ2n) is 5.16. The first-order valence-electron chi connectivity index (χ1n) is 7.41. The molecule has 0 spiro atoms. The standard InChI is InChI=1S/C12H23F3N4O3S/c1-3-18(4-2)23(21,22)19-7-5-17(6-8-19)9-11(20)16-10-12(13,14)15/h3-10H2,1-2H3,(H,16,20). The molecule has 1 heterocycles. The van der Waals surface area contributed by atoms with E-state index in [1.54, 1.807) is 24.1 Å². The SMILES string of the molecule is CCN(CC)S(=O)(=O)N1CCN(CC(=O)NCC(F)(F)F)CC1. The minimum Gasteiger partial charge on any atom is -0.346 e. The normalized spacial score (nSPS) is 18.3. The summed E-state index contributed by atoms with van der Waals surface area (Å²) in [6.07, 6.45) is -4.44. The predicted octanol–water partition coefficient (Wildman–Crippen LogP) is -0.131. The molecule has 23 heavy (non-hydrogen) atoms. The molecule has 0 aliphatic carbocycles. The topological polar surface area (TPSA) is 73.0 Å². The van der Waals surface area contributed by atoms with Gasteiger partial charge in [-0.25, -0.2) is 0 Å². The Balaban J connectivity index is 2.45. The number of piperazine rings is 1. The minimum atomic E-state index is -4.44. The monoisotopic (exact) mass is 360 g/mol. The third kappa shape index (κ3) is 6.24. The van der Waals surface area contributed by atoms with Crippen molar-refractivity contribution in [3.8, 4) is 0 Å². The average molecular weight is 360 g/mol. The molecule has 1 fully saturated rings. The smallest absolute Gasteiger partial charge is 0.346 e. The first kappa shape index (κ1) is 20.1. The molecule has 0 bridgehead atoms. The zero-order valence-corrected chi connectivity index (χ0v) is 14.1. The maximum absolute atomic E-state index is 12.3. The van der Waals surface area contributed by atoms with Gasteiger partial charge in [-0.1, -0.05) is 13.8 Å². The molecule has 7 nitrogen and oxygen atoms in total. The number of carbonyl (C=O) groups excluding carboxylic acids is 1. The van der Waals surface area contributed by atoms with Crippen molar-refractivity contribution in [2.24, 2.45) is 0 Å². The summed E-state index contributed by atoms with van der Waals surface area (Å²) in [5, 5.41) is 1.80. The number of alkyl halides is 3. The molecule has 11 heteroatoms. The number of amides is 1. The Morgan fingerprint density at radius 1 is 1.13 bits per heavy atom. The third-order valence-corrected chi connectivity index (χ3v) is 5.73. The Morgan fingerprint density at radius 3 is 2.09 bits per heavy atom. The second-order valence-corrected chi connectivity index (χ2v) is 7.09. The fourth-order valence-corrected chi connectivity index (χ4v) is 3.89. The Morgan fingerprint density at radius 2 is 1.65 bits per heavy atom. The van der Waals surface area contributed by atoms with Crippen LogP contribution in [0.4, 0.5) is 13.2 Å². The highest BCUT2D eigenvalue weighted by Crippen LogP contribution is 2.13. The van der Waals surface area contributed by atoms with Crippen LogP contribution in [0.2, 0.25) is 0 Å². The van der Waals surface area contributed by atoms with Crippen molar-refractivity contribution in [2.75, 3.05) is 52.4 Å². The highest BCUT2D eigenvalue weighted by Gasteiger charge is 2.32. The van der Waals surface area contributed by atoms with Crippen LogP contribution in [-0.4, -0.2) is 86.4 Å². The van der Waals surface area contributed by atoms with Crippen LogP contribution < -0.4 is 5.32 Å². The molecule has 1 rings (SSSR count). The Kier molecular flexibility index (Phi) is 7.24. The van der Waals surface area contributed by atoms with Crippen LogP contribution in [0.3, 0.4) is 0 Å². The van der Waals surface area contributed by atoms with Gasteiger partial charge in [0.25, 0.3) is 10.2 Å². The molecular formula is C12H23F3N4O3S. The summed E-state index contributed by atoms with van der Waals surface area (Å²) < 4.78 is 63.4. The number of carbonyl (C=O) groups is 1. The molecule has 1 amide bonds. The van der Waals surface area contributed by atoms with Crippen molar-refractivity contribution in [1.82, 2.24) is 18.8 Å². The van der Waals surface area contributed by atoms with E-state index < -0.39 is 28.8 Å². The Labute approximate surface area is 134 Å². The number of hydrogen-bond donors (Lipinski definition) is 1. The van der Waals surface area contributed by atoms with Gasteiger partial charge in [0.1, 0.15) is 6.54 Å². The van der Waals surface area contributed by atoms with Gasteiger partial charge in [-0.05, 0) is 0 Å². The fraction of sp³-hybridized carbons (Fsp3) is 0.917. The van der Waals surface area contributed by atoms with E-state index in [4.69, 9.17) is 0 Å². The molecule has 1 saturated heterocycles. The van der Waals surface area contributed by atoms with Gasteiger partial charge in [0, 0.05) is 39.3 Å². The molecule has 0 aromatic rings. The number of nitrogens with zero attached hydrogens (tertiary/aromatic N) is 3. The van der Waals surface area contributed by atoms with Crippen molar-refractivity contribution in [3.63, 3.8) is 0 Å². The molecule has 0 saturated carbocycles. The van der Waals surface area contributed by atoms with Crippen molar-refractivity contribution in [2.45, 2.75) is 20.0 Å². The maximum Gasteiger partial charge on any atom is 0.405 e. The Hall–Kier alpha value is -0.910. The van der Waals surface area contributed by atoms with Crippen molar-refractivity contribution >= 4 is 16.1 Å². The summed E-state index contributed by atoms with van der Waals surface area (Å²) in [4.78, 5) is 13.1. The van der Waals surface area contributed by atoms with E-state index in [-0.39, 0.29) is 19.6 Å². The second kappa shape index (κ2) is 8.27. The van der Waals surface area contributed by atoms with Gasteiger partial charge in [-0.2, -0.15) is 30.2 Å². The number of nitrogens with one attached hydrogen (secondary N) is 1. The zero-order valence-electron chi connectivity index (χ0n) is 13.3. The van der Waals surface area contributed by atoms with E-state index >= 15 is 0 Å². The predicted molar refractivity (Wildman–Crippen MR) is 78.9 cm³/mol. The van der Waals surface area contributed by atoms with Crippen molar-refractivity contribution in [3.05, 3.63) is 0 Å². The zero-order chi connectivity index (χ0) is 17.7. The van der Waals surface area contributed by atoms with E-state index in [9.17, 15) is 26.4 Å². The van der Waals surface area contributed by atoms with Gasteiger partial charge in [0.15, 0.2) is 0 Å². The average Bonchev–Trinajstić information content (AvgIpc) is 2.46. The van der Waals surface area contributed by atoms with Gasteiger partial charge >= 0.3 is 6.18 Å². The lowest BCUT2D eigenvalue weighted by molar-refractivity contribution is -0.139. The number of rotatable bonds is 7. The number of halogens is 3. The van der Waals surface area contributed by atoms with Crippen LogP contribution in [0.1, 0.15) is 13.8 Å². The highest BCUT2D eigenvalue weighted by atomic mass is 32.2. The van der Waals surface area contributed by atoms with Gasteiger partial charge in [0.2, 0.25) is 5.91 Å². The van der Waals surface area contributed by atoms with Crippen LogP contribution >= 0.6 is 0 Å². The molecule has 0 atom stereocenters. The molecule has 0 aromatic heterocycles. The summed E-state index contributed by atoms with van der Waals surface area (Å²) in [6, 6.07) is 0. The van der Waals surface area contributed by atoms with Gasteiger partial charge in [-0.15, -0.1) is 0 Å². The van der Waals surface area contributed by atoms with E-state index in [0.29, 0.717) is 26.2 Å². The minimum absolute atomic E-state index is 0.171. The third-order valence-electron chi connectivity index (χ3n) is 3.54. The molecule has 136 valence electrons. The van der Waals surface area contributed by atoms with Crippen LogP contribution in [0.25, 0.3) is 0 Å². The summed E-state index contributed by atoms with van der Waals surface area (Å²) in [5.74, 6) is -0.720. The summed E-state index contributed by atoms with van der Waals surface area (Å²) in [7, 11) is -3.52. The molecule has 0 radical (unpaired) electrons. The summed E-state index contributed by atoms with van der Waals surface area (Å²) in [5.41, 5.74) is 0. The number of hydrogen-bond acceptors (Lipinski definition) is 4. The first-order valence-corrected chi connectivity index (χ1v) is 8.80. The molecule has 0 aromatic carbocycles. The summed E-state index contributed by atoms with van der Waals surface area (Å²) in [6.45, 7) is 3.76. The maximum atomic E-state index is 12.3. The lowest BCUT2D eigenvalue weighted by Crippen LogP contribution is -2.54.